The van der Waals surface area contributed by atoms with Crippen molar-refractivity contribution < 1.29 is 14.3 Å². The van der Waals surface area contributed by atoms with Gasteiger partial charge in [-0.25, -0.2) is 9.78 Å². The first kappa shape index (κ1) is 18.0. The number of carbonyl (C=O) groups excluding carboxylic acids is 1. The lowest BCUT2D eigenvalue weighted by molar-refractivity contribution is 0.0526. The molecule has 1 heterocycles. The molecule has 0 aliphatic carbocycles. The highest BCUT2D eigenvalue weighted by Crippen LogP contribution is 2.34. The van der Waals surface area contributed by atoms with E-state index < -0.39 is 0 Å². The van der Waals surface area contributed by atoms with E-state index in [0.717, 1.165) is 38.7 Å². The highest BCUT2D eigenvalue weighted by atomic mass is 16.5. The summed E-state index contributed by atoms with van der Waals surface area (Å²) in [6.07, 6.45) is 0. The number of ether oxygens (including phenoxy) is 2. The van der Waals surface area contributed by atoms with Crippen LogP contribution in [0, 0.1) is 0 Å². The predicted octanol–water partition coefficient (Wildman–Crippen LogP) is 5.63. The quantitative estimate of drug-likeness (QED) is 0.337. The molecule has 0 saturated heterocycles. The maximum atomic E-state index is 11.9. The van der Waals surface area contributed by atoms with Crippen LogP contribution in [0.4, 0.5) is 0 Å². The number of aromatic nitrogens is 1. The zero-order chi connectivity index (χ0) is 19.5. The molecule has 0 aliphatic rings. The van der Waals surface area contributed by atoms with E-state index in [-0.39, 0.29) is 5.97 Å². The summed E-state index contributed by atoms with van der Waals surface area (Å²) in [7, 11) is 0. The molecule has 0 aliphatic heterocycles. The third kappa shape index (κ3) is 3.29. The van der Waals surface area contributed by atoms with Crippen LogP contribution in [0.15, 0.2) is 66.7 Å². The average molecular weight is 371 g/mol. The Balaban J connectivity index is 1.87. The van der Waals surface area contributed by atoms with Crippen LogP contribution in [0.3, 0.4) is 0 Å². The van der Waals surface area contributed by atoms with Gasteiger partial charge in [0.2, 0.25) is 0 Å². The molecule has 0 unspecified atom stereocenters. The van der Waals surface area contributed by atoms with Gasteiger partial charge in [0.05, 0.1) is 30.0 Å². The van der Waals surface area contributed by atoms with Crippen LogP contribution in [-0.4, -0.2) is 24.2 Å². The number of fused-ring (bicyclic) bond motifs is 3. The minimum absolute atomic E-state index is 0.311. The fourth-order valence-corrected chi connectivity index (χ4v) is 3.39. The third-order valence-corrected chi connectivity index (χ3v) is 4.65. The summed E-state index contributed by atoms with van der Waals surface area (Å²) in [4.78, 5) is 16.8. The Hall–Kier alpha value is -3.40. The molecular weight excluding hydrogens is 350 g/mol. The summed E-state index contributed by atoms with van der Waals surface area (Å²) in [6, 6.07) is 21.6. The van der Waals surface area contributed by atoms with Crippen LogP contribution in [0.2, 0.25) is 0 Å². The molecule has 140 valence electrons. The van der Waals surface area contributed by atoms with Crippen molar-refractivity contribution >= 4 is 27.6 Å². The van der Waals surface area contributed by atoms with E-state index in [1.54, 1.807) is 19.1 Å². The molecule has 0 N–H and O–H groups in total. The zero-order valence-electron chi connectivity index (χ0n) is 15.9. The zero-order valence-corrected chi connectivity index (χ0v) is 15.9. The molecule has 4 rings (SSSR count). The first-order valence-corrected chi connectivity index (χ1v) is 9.44. The van der Waals surface area contributed by atoms with Gasteiger partial charge in [-0.05, 0) is 49.6 Å². The Morgan fingerprint density at radius 2 is 1.61 bits per heavy atom. The van der Waals surface area contributed by atoms with Gasteiger partial charge in [0.15, 0.2) is 0 Å². The summed E-state index contributed by atoms with van der Waals surface area (Å²) in [5.74, 6) is 0.530. The smallest absolute Gasteiger partial charge is 0.338 e. The van der Waals surface area contributed by atoms with Gasteiger partial charge < -0.3 is 9.47 Å². The molecule has 3 aromatic carbocycles. The van der Waals surface area contributed by atoms with Gasteiger partial charge in [0, 0.05) is 16.3 Å². The fourth-order valence-electron chi connectivity index (χ4n) is 3.39. The van der Waals surface area contributed by atoms with E-state index >= 15 is 0 Å². The number of benzene rings is 3. The topological polar surface area (TPSA) is 48.4 Å². The van der Waals surface area contributed by atoms with Crippen LogP contribution in [0.1, 0.15) is 24.2 Å². The largest absolute Gasteiger partial charge is 0.494 e. The Labute approximate surface area is 163 Å². The number of esters is 1. The van der Waals surface area contributed by atoms with E-state index in [9.17, 15) is 4.79 Å². The monoisotopic (exact) mass is 371 g/mol. The van der Waals surface area contributed by atoms with Crippen molar-refractivity contribution in [3.05, 3.63) is 72.3 Å². The molecule has 0 radical (unpaired) electrons. The number of hydrogen-bond acceptors (Lipinski definition) is 4. The molecular formula is C24H21NO3. The number of pyridine rings is 1. The normalized spacial score (nSPS) is 10.9. The first-order chi connectivity index (χ1) is 13.7. The maximum Gasteiger partial charge on any atom is 0.338 e. The summed E-state index contributed by atoms with van der Waals surface area (Å²) >= 11 is 0. The Bertz CT molecular complexity index is 1150. The van der Waals surface area contributed by atoms with E-state index in [0.29, 0.717) is 18.8 Å². The second-order valence-electron chi connectivity index (χ2n) is 6.42. The van der Waals surface area contributed by atoms with Crippen molar-refractivity contribution in [2.24, 2.45) is 0 Å². The highest BCUT2D eigenvalue weighted by Gasteiger charge is 2.12. The van der Waals surface area contributed by atoms with Crippen LogP contribution in [-0.2, 0) is 4.74 Å². The van der Waals surface area contributed by atoms with Crippen LogP contribution in [0.5, 0.6) is 5.75 Å². The molecule has 0 amide bonds. The Kier molecular flexibility index (Phi) is 4.94. The predicted molar refractivity (Wildman–Crippen MR) is 112 cm³/mol. The van der Waals surface area contributed by atoms with Gasteiger partial charge in [-0.15, -0.1) is 0 Å². The molecule has 0 spiro atoms. The minimum Gasteiger partial charge on any atom is -0.494 e. The summed E-state index contributed by atoms with van der Waals surface area (Å²) < 4.78 is 10.7. The molecule has 28 heavy (non-hydrogen) atoms. The second kappa shape index (κ2) is 7.69. The summed E-state index contributed by atoms with van der Waals surface area (Å²) in [6.45, 7) is 4.76. The molecule has 4 nitrogen and oxygen atoms in total. The molecule has 1 aromatic heterocycles. The second-order valence-corrected chi connectivity index (χ2v) is 6.42. The van der Waals surface area contributed by atoms with Crippen molar-refractivity contribution in [1.82, 2.24) is 4.98 Å². The van der Waals surface area contributed by atoms with E-state index in [1.165, 1.54) is 0 Å². The van der Waals surface area contributed by atoms with Crippen molar-refractivity contribution in [2.75, 3.05) is 13.2 Å². The number of rotatable bonds is 5. The van der Waals surface area contributed by atoms with Gasteiger partial charge in [-0.1, -0.05) is 36.4 Å². The van der Waals surface area contributed by atoms with Crippen molar-refractivity contribution in [1.29, 1.82) is 0 Å². The number of nitrogens with zero attached hydrogens (tertiary/aromatic N) is 1. The van der Waals surface area contributed by atoms with Crippen molar-refractivity contribution in [3.8, 4) is 17.0 Å². The minimum atomic E-state index is -0.311. The summed E-state index contributed by atoms with van der Waals surface area (Å²) in [5.41, 5.74) is 3.30. The molecule has 0 fully saturated rings. The Morgan fingerprint density at radius 3 is 2.32 bits per heavy atom. The van der Waals surface area contributed by atoms with Crippen LogP contribution >= 0.6 is 0 Å². The SMILES string of the molecule is CCOC(=O)c1ccc(-c2nc3ccc(OCC)cc3c3ccccc23)cc1. The van der Waals surface area contributed by atoms with Crippen LogP contribution < -0.4 is 4.74 Å². The van der Waals surface area contributed by atoms with E-state index in [2.05, 4.69) is 12.1 Å². The Morgan fingerprint density at radius 1 is 0.857 bits per heavy atom. The van der Waals surface area contributed by atoms with Crippen molar-refractivity contribution in [3.63, 3.8) is 0 Å². The molecule has 0 atom stereocenters. The summed E-state index contributed by atoms with van der Waals surface area (Å²) in [5, 5.41) is 3.25. The average Bonchev–Trinajstić information content (AvgIpc) is 2.74. The number of hydrogen-bond donors (Lipinski definition) is 0. The molecule has 0 bridgehead atoms. The van der Waals surface area contributed by atoms with Gasteiger partial charge in [0.1, 0.15) is 5.75 Å². The molecule has 0 saturated carbocycles. The molecule has 4 aromatic rings. The van der Waals surface area contributed by atoms with E-state index in [4.69, 9.17) is 14.5 Å². The van der Waals surface area contributed by atoms with Gasteiger partial charge in [-0.2, -0.15) is 0 Å². The van der Waals surface area contributed by atoms with E-state index in [1.807, 2.05) is 49.4 Å². The lowest BCUT2D eigenvalue weighted by Gasteiger charge is -2.12. The fraction of sp³-hybridized carbons (Fsp3) is 0.167. The van der Waals surface area contributed by atoms with Gasteiger partial charge in [-0.3, -0.25) is 0 Å². The van der Waals surface area contributed by atoms with Crippen molar-refractivity contribution in [2.45, 2.75) is 13.8 Å². The highest BCUT2D eigenvalue weighted by molar-refractivity contribution is 6.11. The van der Waals surface area contributed by atoms with Gasteiger partial charge in [0.25, 0.3) is 0 Å². The lowest BCUT2D eigenvalue weighted by atomic mass is 9.99. The first-order valence-electron chi connectivity index (χ1n) is 9.44. The molecule has 4 heteroatoms. The maximum absolute atomic E-state index is 11.9. The third-order valence-electron chi connectivity index (χ3n) is 4.65. The standard InChI is InChI=1S/C24H21NO3/c1-3-27-18-13-14-22-21(15-18)19-7-5-6-8-20(19)23(25-22)16-9-11-17(12-10-16)24(26)28-4-2/h5-15H,3-4H2,1-2H3. The van der Waals surface area contributed by atoms with Crippen LogP contribution in [0.25, 0.3) is 32.9 Å². The van der Waals surface area contributed by atoms with Gasteiger partial charge >= 0.3 is 5.97 Å². The number of carbonyl (C=O) groups is 1. The lowest BCUT2D eigenvalue weighted by Crippen LogP contribution is -2.04.